The van der Waals surface area contributed by atoms with Crippen LogP contribution in [0, 0.1) is 0 Å². The van der Waals surface area contributed by atoms with Crippen LogP contribution in [-0.2, 0) is 19.1 Å². The fraction of sp³-hybridized carbons (Fsp3) is 0.800. The van der Waals surface area contributed by atoms with Gasteiger partial charge in [0.05, 0.1) is 13.2 Å². The monoisotopic (exact) mass is 287 g/mol. The third-order valence-corrected chi connectivity index (χ3v) is 2.19. The van der Waals surface area contributed by atoms with Gasteiger partial charge in [-0.15, -0.1) is 0 Å². The molecule has 0 heterocycles. The molecule has 0 saturated heterocycles. The van der Waals surface area contributed by atoms with Gasteiger partial charge in [0.25, 0.3) is 0 Å². The predicted molar refractivity (Wildman–Crippen MR) is 57.9 cm³/mol. The summed E-state index contributed by atoms with van der Waals surface area (Å²) in [6.07, 6.45) is -5.00. The average Bonchev–Trinajstić information content (AvgIpc) is 2.26. The summed E-state index contributed by atoms with van der Waals surface area (Å²) < 4.78 is 48.5. The zero-order valence-corrected chi connectivity index (χ0v) is 11.0. The van der Waals surface area contributed by atoms with E-state index in [-0.39, 0.29) is 19.8 Å². The molecule has 19 heavy (non-hydrogen) atoms. The summed E-state index contributed by atoms with van der Waals surface area (Å²) in [5.74, 6) is -2.55. The second kappa shape index (κ2) is 7.29. The van der Waals surface area contributed by atoms with Gasteiger partial charge in [-0.25, -0.2) is 4.79 Å². The molecule has 0 fully saturated rings. The number of quaternary nitrogens is 1. The standard InChI is InChI=1S/C10H17F3N2O4/c1-4-19-8(17)9(10(11,12)13,15-7(2)16)14-5-6-18-3/h14H,4-6H2,1-3H3,(H,15,16)/p+1/t9-/m1/s1. The molecule has 0 aromatic heterocycles. The molecule has 1 atom stereocenters. The zero-order chi connectivity index (χ0) is 15.1. The Kier molecular flexibility index (Phi) is 6.77. The van der Waals surface area contributed by atoms with Gasteiger partial charge in [0.2, 0.25) is 5.91 Å². The first kappa shape index (κ1) is 17.6. The second-order valence-electron chi connectivity index (χ2n) is 3.69. The Morgan fingerprint density at radius 2 is 1.89 bits per heavy atom. The molecule has 0 aromatic rings. The molecule has 0 spiro atoms. The van der Waals surface area contributed by atoms with Gasteiger partial charge in [-0.1, -0.05) is 0 Å². The number of halogens is 3. The fourth-order valence-corrected chi connectivity index (χ4v) is 1.40. The number of esters is 1. The molecule has 0 aliphatic carbocycles. The summed E-state index contributed by atoms with van der Waals surface area (Å²) in [5.41, 5.74) is -3.15. The molecule has 0 radical (unpaired) electrons. The number of nitrogens with two attached hydrogens (primary N) is 1. The number of hydrogen-bond acceptors (Lipinski definition) is 4. The molecule has 0 aliphatic rings. The minimum absolute atomic E-state index is 0.0170. The maximum absolute atomic E-state index is 13.1. The van der Waals surface area contributed by atoms with Crippen molar-refractivity contribution in [2.24, 2.45) is 0 Å². The highest BCUT2D eigenvalue weighted by atomic mass is 19.4. The number of carbonyl (C=O) groups is 2. The minimum Gasteiger partial charge on any atom is -0.460 e. The smallest absolute Gasteiger partial charge is 0.460 e. The van der Waals surface area contributed by atoms with Gasteiger partial charge in [0, 0.05) is 14.0 Å². The molecule has 9 heteroatoms. The minimum atomic E-state index is -5.00. The van der Waals surface area contributed by atoms with Crippen molar-refractivity contribution < 1.29 is 37.6 Å². The SMILES string of the molecule is CCOC(=O)[C@](NC(C)=O)([NH2+]CCOC)C(F)(F)F. The van der Waals surface area contributed by atoms with Crippen LogP contribution in [0.4, 0.5) is 13.2 Å². The molecule has 112 valence electrons. The number of carbonyl (C=O) groups excluding carboxylic acids is 2. The van der Waals surface area contributed by atoms with Crippen LogP contribution in [0.1, 0.15) is 13.8 Å². The van der Waals surface area contributed by atoms with Crippen LogP contribution in [0.25, 0.3) is 0 Å². The summed E-state index contributed by atoms with van der Waals surface area (Å²) in [5, 5.41) is 2.28. The lowest BCUT2D eigenvalue weighted by atomic mass is 10.1. The van der Waals surface area contributed by atoms with E-state index in [1.54, 1.807) is 5.32 Å². The van der Waals surface area contributed by atoms with Gasteiger partial charge in [0.15, 0.2) is 0 Å². The Morgan fingerprint density at radius 3 is 2.26 bits per heavy atom. The molecule has 0 aliphatic heterocycles. The van der Waals surface area contributed by atoms with E-state index in [4.69, 9.17) is 0 Å². The highest BCUT2D eigenvalue weighted by molar-refractivity contribution is 5.86. The van der Waals surface area contributed by atoms with Crippen molar-refractivity contribution >= 4 is 11.9 Å². The Labute approximate surface area is 108 Å². The lowest BCUT2D eigenvalue weighted by Crippen LogP contribution is -3.07. The van der Waals surface area contributed by atoms with E-state index in [1.165, 1.54) is 14.0 Å². The maximum atomic E-state index is 13.1. The first-order valence-electron chi connectivity index (χ1n) is 5.57. The van der Waals surface area contributed by atoms with Crippen molar-refractivity contribution in [2.45, 2.75) is 25.7 Å². The fourth-order valence-electron chi connectivity index (χ4n) is 1.40. The number of methoxy groups -OCH3 is 1. The summed E-state index contributed by atoms with van der Waals surface area (Å²) in [6, 6.07) is 0. The second-order valence-corrected chi connectivity index (χ2v) is 3.69. The van der Waals surface area contributed by atoms with Gasteiger partial charge in [0.1, 0.15) is 6.54 Å². The number of ether oxygens (including phenoxy) is 2. The molecule has 0 bridgehead atoms. The normalized spacial score (nSPS) is 14.6. The lowest BCUT2D eigenvalue weighted by molar-refractivity contribution is -0.744. The van der Waals surface area contributed by atoms with Gasteiger partial charge >= 0.3 is 17.8 Å². The van der Waals surface area contributed by atoms with Crippen molar-refractivity contribution in [3.63, 3.8) is 0 Å². The molecule has 6 nitrogen and oxygen atoms in total. The van der Waals surface area contributed by atoms with Gasteiger partial charge in [-0.05, 0) is 6.92 Å². The summed E-state index contributed by atoms with van der Waals surface area (Å²) in [7, 11) is 1.31. The largest absolute Gasteiger partial charge is 0.478 e. The van der Waals surface area contributed by atoms with Crippen molar-refractivity contribution in [1.82, 2.24) is 5.32 Å². The van der Waals surface area contributed by atoms with Crippen LogP contribution >= 0.6 is 0 Å². The number of nitrogens with one attached hydrogen (secondary N) is 1. The van der Waals surface area contributed by atoms with Crippen molar-refractivity contribution in [3.8, 4) is 0 Å². The van der Waals surface area contributed by atoms with E-state index in [1.807, 2.05) is 0 Å². The third kappa shape index (κ3) is 4.67. The highest BCUT2D eigenvalue weighted by Gasteiger charge is 2.67. The van der Waals surface area contributed by atoms with Gasteiger partial charge < -0.3 is 14.8 Å². The summed E-state index contributed by atoms with van der Waals surface area (Å²) in [4.78, 5) is 22.6. The zero-order valence-electron chi connectivity index (χ0n) is 11.0. The van der Waals surface area contributed by atoms with Crippen LogP contribution in [-0.4, -0.2) is 50.6 Å². The molecule has 3 N–H and O–H groups in total. The average molecular weight is 287 g/mol. The third-order valence-electron chi connectivity index (χ3n) is 2.19. The summed E-state index contributed by atoms with van der Waals surface area (Å²) >= 11 is 0. The van der Waals surface area contributed by atoms with E-state index >= 15 is 0 Å². The molecule has 0 saturated carbocycles. The number of hydrogen-bond donors (Lipinski definition) is 2. The molecule has 0 aromatic carbocycles. The Bertz CT molecular complexity index is 322. The van der Waals surface area contributed by atoms with E-state index in [9.17, 15) is 22.8 Å². The Balaban J connectivity index is 5.32. The first-order valence-corrected chi connectivity index (χ1v) is 5.57. The molecular weight excluding hydrogens is 269 g/mol. The Morgan fingerprint density at radius 1 is 1.32 bits per heavy atom. The highest BCUT2D eigenvalue weighted by Crippen LogP contribution is 2.26. The molecule has 1 amide bonds. The van der Waals surface area contributed by atoms with E-state index in [0.717, 1.165) is 6.92 Å². The topological polar surface area (TPSA) is 81.2 Å². The molecule has 0 rings (SSSR count). The van der Waals surface area contributed by atoms with Crippen molar-refractivity contribution in [2.75, 3.05) is 26.9 Å². The van der Waals surface area contributed by atoms with E-state index < -0.39 is 23.7 Å². The van der Waals surface area contributed by atoms with Crippen molar-refractivity contribution in [3.05, 3.63) is 0 Å². The molecular formula is C10H18F3N2O4+. The maximum Gasteiger partial charge on any atom is 0.478 e. The van der Waals surface area contributed by atoms with Crippen molar-refractivity contribution in [1.29, 1.82) is 0 Å². The van der Waals surface area contributed by atoms with Crippen LogP contribution in [0.15, 0.2) is 0 Å². The number of amides is 1. The van der Waals surface area contributed by atoms with Gasteiger partial charge in [-0.3, -0.25) is 10.1 Å². The predicted octanol–water partition coefficient (Wildman–Crippen LogP) is -0.846. The lowest BCUT2D eigenvalue weighted by Gasteiger charge is -2.30. The van der Waals surface area contributed by atoms with Crippen LogP contribution in [0.2, 0.25) is 0 Å². The number of rotatable bonds is 7. The quantitative estimate of drug-likeness (QED) is 0.363. The Hall–Kier alpha value is -1.35. The van der Waals surface area contributed by atoms with E-state index in [0.29, 0.717) is 5.32 Å². The van der Waals surface area contributed by atoms with Crippen LogP contribution in [0.5, 0.6) is 0 Å². The van der Waals surface area contributed by atoms with E-state index in [2.05, 4.69) is 9.47 Å². The van der Waals surface area contributed by atoms with Crippen LogP contribution in [0.3, 0.4) is 0 Å². The van der Waals surface area contributed by atoms with Gasteiger partial charge in [-0.2, -0.15) is 13.2 Å². The summed E-state index contributed by atoms with van der Waals surface area (Å²) in [6.45, 7) is 1.85. The number of alkyl halides is 3. The first-order chi connectivity index (χ1) is 8.71. The van der Waals surface area contributed by atoms with Crippen LogP contribution < -0.4 is 10.6 Å². The molecule has 0 unspecified atom stereocenters.